The Hall–Kier alpha value is -6.24. The maximum absolute atomic E-state index is 2.25. The maximum atomic E-state index is 2.25. The van der Waals surface area contributed by atoms with Gasteiger partial charge in [-0.25, -0.2) is 0 Å². The fraction of sp³-hybridized carbons (Fsp3) is 0. The number of rotatable bonds is 5. The highest BCUT2D eigenvalue weighted by Gasteiger charge is 2.11. The molecule has 0 aromatic heterocycles. The molecule has 9 aromatic carbocycles. The molecule has 0 aliphatic rings. The van der Waals surface area contributed by atoms with Gasteiger partial charge in [-0.15, -0.1) is 0 Å². The second-order valence-corrected chi connectivity index (χ2v) is 12.0. The molecule has 0 bridgehead atoms. The molecular weight excluding hydrogens is 577 g/mol. The summed E-state index contributed by atoms with van der Waals surface area (Å²) < 4.78 is 0. The highest BCUT2D eigenvalue weighted by molar-refractivity contribution is 6.32. The van der Waals surface area contributed by atoms with Crippen molar-refractivity contribution in [3.63, 3.8) is 0 Å². The van der Waals surface area contributed by atoms with E-state index in [2.05, 4.69) is 206 Å². The molecule has 0 aliphatic heterocycles. The zero-order valence-electron chi connectivity index (χ0n) is 26.6. The van der Waals surface area contributed by atoms with Crippen LogP contribution in [0.25, 0.3) is 54.2 Å². The van der Waals surface area contributed by atoms with Gasteiger partial charge in [-0.2, -0.15) is 0 Å². The SMILES string of the molecule is C(C=C(c1ccccc1)c1ccccc1)=C(c1ccccc1)c1ccccc1.c1cc2cccc3c4cccc5cccc(c(c1)c23)c54. The summed E-state index contributed by atoms with van der Waals surface area (Å²) in [4.78, 5) is 0. The quantitative estimate of drug-likeness (QED) is 0.103. The molecule has 0 saturated carbocycles. The lowest BCUT2D eigenvalue weighted by Crippen LogP contribution is -1.89. The van der Waals surface area contributed by atoms with Gasteiger partial charge in [0.05, 0.1) is 0 Å². The summed E-state index contributed by atoms with van der Waals surface area (Å²) in [6.07, 6.45) is 4.47. The van der Waals surface area contributed by atoms with E-state index >= 15 is 0 Å². The van der Waals surface area contributed by atoms with Gasteiger partial charge in [-0.05, 0) is 76.5 Å². The van der Waals surface area contributed by atoms with Gasteiger partial charge in [0.15, 0.2) is 0 Å². The smallest absolute Gasteiger partial charge is 0.00264 e. The van der Waals surface area contributed by atoms with Gasteiger partial charge in [-0.3, -0.25) is 0 Å². The van der Waals surface area contributed by atoms with E-state index in [4.69, 9.17) is 0 Å². The van der Waals surface area contributed by atoms with Gasteiger partial charge >= 0.3 is 0 Å². The monoisotopic (exact) mass is 610 g/mol. The van der Waals surface area contributed by atoms with Gasteiger partial charge in [0.25, 0.3) is 0 Å². The molecule has 0 nitrogen and oxygen atoms in total. The standard InChI is InChI=1S/C28H22.C20H12/c1-5-13-23(14-6-1)27(24-15-7-2-8-16-24)21-22-28(25-17-9-3-10-18-25)26-19-11-4-12-20-26;1-5-13-6-2-11-17-18-12-4-8-14-7-3-10-16(20(14)18)15(9-1)19(13)17/h1-22H;1-12H. The summed E-state index contributed by atoms with van der Waals surface area (Å²) in [6, 6.07) is 68.7. The Balaban J connectivity index is 0.000000147. The molecule has 0 heterocycles. The van der Waals surface area contributed by atoms with Crippen LogP contribution in [0.2, 0.25) is 0 Å². The third kappa shape index (κ3) is 5.66. The largest absolute Gasteiger partial charge is 0.0622 e. The summed E-state index contributed by atoms with van der Waals surface area (Å²) in [6.45, 7) is 0. The minimum Gasteiger partial charge on any atom is -0.0622 e. The van der Waals surface area contributed by atoms with E-state index in [0.717, 1.165) is 0 Å². The number of fused-ring (bicyclic) bond motifs is 2. The van der Waals surface area contributed by atoms with Gasteiger partial charge in [0, 0.05) is 0 Å². The van der Waals surface area contributed by atoms with Crippen LogP contribution in [0.15, 0.2) is 206 Å². The average molecular weight is 611 g/mol. The van der Waals surface area contributed by atoms with Crippen LogP contribution < -0.4 is 0 Å². The molecule has 0 aliphatic carbocycles. The Labute approximate surface area is 281 Å². The average Bonchev–Trinajstić information content (AvgIpc) is 3.17. The molecule has 0 fully saturated rings. The fourth-order valence-corrected chi connectivity index (χ4v) is 6.94. The van der Waals surface area contributed by atoms with Crippen molar-refractivity contribution in [1.29, 1.82) is 0 Å². The molecule has 9 rings (SSSR count). The Bertz CT molecular complexity index is 2160. The summed E-state index contributed by atoms with van der Waals surface area (Å²) >= 11 is 0. The van der Waals surface area contributed by atoms with Gasteiger partial charge in [0.2, 0.25) is 0 Å². The molecule has 226 valence electrons. The van der Waals surface area contributed by atoms with Crippen molar-refractivity contribution in [3.05, 3.63) is 229 Å². The normalized spacial score (nSPS) is 10.9. The second kappa shape index (κ2) is 13.2. The van der Waals surface area contributed by atoms with Crippen LogP contribution in [0.5, 0.6) is 0 Å². The van der Waals surface area contributed by atoms with Crippen molar-refractivity contribution in [2.75, 3.05) is 0 Å². The minimum atomic E-state index is 1.21. The van der Waals surface area contributed by atoms with Crippen molar-refractivity contribution < 1.29 is 0 Å². The molecule has 0 radical (unpaired) electrons. The summed E-state index contributed by atoms with van der Waals surface area (Å²) in [5.41, 5.74) is 7.28. The first kappa shape index (κ1) is 29.2. The van der Waals surface area contributed by atoms with E-state index in [0.29, 0.717) is 0 Å². The molecular formula is C48H34. The highest BCUT2D eigenvalue weighted by atomic mass is 14.1. The molecule has 0 unspecified atom stereocenters. The maximum Gasteiger partial charge on any atom is -0.00264 e. The van der Waals surface area contributed by atoms with Crippen LogP contribution in [0.3, 0.4) is 0 Å². The molecule has 0 heteroatoms. The highest BCUT2D eigenvalue weighted by Crippen LogP contribution is 2.39. The van der Waals surface area contributed by atoms with E-state index < -0.39 is 0 Å². The van der Waals surface area contributed by atoms with Crippen molar-refractivity contribution in [2.24, 2.45) is 0 Å². The number of allylic oxidation sites excluding steroid dienone is 2. The van der Waals surface area contributed by atoms with Gasteiger partial charge < -0.3 is 0 Å². The van der Waals surface area contributed by atoms with E-state index in [1.165, 1.54) is 76.5 Å². The summed E-state index contributed by atoms with van der Waals surface area (Å²) in [5, 5.41) is 10.9. The van der Waals surface area contributed by atoms with Crippen LogP contribution in [-0.4, -0.2) is 0 Å². The molecule has 0 saturated heterocycles. The van der Waals surface area contributed by atoms with Crippen molar-refractivity contribution in [3.8, 4) is 0 Å². The lowest BCUT2D eigenvalue weighted by molar-refractivity contribution is 1.53. The van der Waals surface area contributed by atoms with E-state index in [9.17, 15) is 0 Å². The van der Waals surface area contributed by atoms with Gasteiger partial charge in [0.1, 0.15) is 0 Å². The van der Waals surface area contributed by atoms with Crippen LogP contribution in [0, 0.1) is 0 Å². The second-order valence-electron chi connectivity index (χ2n) is 12.0. The Morgan fingerprint density at radius 1 is 0.250 bits per heavy atom. The zero-order valence-corrected chi connectivity index (χ0v) is 26.6. The summed E-state index contributed by atoms with van der Waals surface area (Å²) in [5.74, 6) is 0. The topological polar surface area (TPSA) is 0 Å². The molecule has 0 spiro atoms. The van der Waals surface area contributed by atoms with E-state index in [-0.39, 0.29) is 0 Å². The van der Waals surface area contributed by atoms with Crippen molar-refractivity contribution in [1.82, 2.24) is 0 Å². The van der Waals surface area contributed by atoms with Crippen LogP contribution in [0.4, 0.5) is 0 Å². The molecule has 0 amide bonds. The van der Waals surface area contributed by atoms with E-state index in [1.54, 1.807) is 0 Å². The first-order chi connectivity index (χ1) is 23.8. The lowest BCUT2D eigenvalue weighted by atomic mass is 9.90. The van der Waals surface area contributed by atoms with Crippen LogP contribution in [0.1, 0.15) is 22.3 Å². The number of benzene rings is 9. The molecule has 0 atom stereocenters. The number of hydrogen-bond donors (Lipinski definition) is 0. The van der Waals surface area contributed by atoms with E-state index in [1.807, 2.05) is 0 Å². The van der Waals surface area contributed by atoms with Gasteiger partial charge in [-0.1, -0.05) is 206 Å². The molecule has 0 N–H and O–H groups in total. The van der Waals surface area contributed by atoms with Crippen LogP contribution >= 0.6 is 0 Å². The summed E-state index contributed by atoms with van der Waals surface area (Å²) in [7, 11) is 0. The first-order valence-electron chi connectivity index (χ1n) is 16.5. The Morgan fingerprint density at radius 2 is 0.500 bits per heavy atom. The predicted molar refractivity (Wildman–Crippen MR) is 208 cm³/mol. The fourth-order valence-electron chi connectivity index (χ4n) is 6.94. The predicted octanol–water partition coefficient (Wildman–Crippen LogP) is 13.0. The third-order valence-electron chi connectivity index (χ3n) is 9.15. The number of hydrogen-bond acceptors (Lipinski definition) is 0. The third-order valence-corrected chi connectivity index (χ3v) is 9.15. The lowest BCUT2D eigenvalue weighted by Gasteiger charge is -2.13. The van der Waals surface area contributed by atoms with Crippen LogP contribution in [-0.2, 0) is 0 Å². The molecule has 48 heavy (non-hydrogen) atoms. The van der Waals surface area contributed by atoms with Crippen molar-refractivity contribution >= 4 is 54.2 Å². The first-order valence-corrected chi connectivity index (χ1v) is 16.5. The zero-order chi connectivity index (χ0) is 32.1. The Kier molecular flexibility index (Phi) is 8.05. The molecule has 9 aromatic rings. The Morgan fingerprint density at radius 3 is 0.750 bits per heavy atom. The van der Waals surface area contributed by atoms with Crippen molar-refractivity contribution in [2.45, 2.75) is 0 Å². The minimum absolute atomic E-state index is 1.21.